The lowest BCUT2D eigenvalue weighted by Gasteiger charge is -2.26. The van der Waals surface area contributed by atoms with Gasteiger partial charge in [0.15, 0.2) is 0 Å². The second kappa shape index (κ2) is 6.55. The number of H-pyrrole nitrogens is 1. The third-order valence-corrected chi connectivity index (χ3v) is 4.64. The molecular weight excluding hydrogens is 332 g/mol. The molecule has 1 aromatic carbocycles. The highest BCUT2D eigenvalue weighted by Gasteiger charge is 2.23. The van der Waals surface area contributed by atoms with E-state index in [1.807, 2.05) is 12.1 Å². The van der Waals surface area contributed by atoms with Crippen molar-refractivity contribution in [2.45, 2.75) is 13.0 Å². The second-order valence-corrected chi connectivity index (χ2v) is 6.19. The number of amides is 1. The van der Waals surface area contributed by atoms with Crippen molar-refractivity contribution in [1.29, 1.82) is 0 Å². The summed E-state index contributed by atoms with van der Waals surface area (Å²) in [5, 5.41) is 0.954. The van der Waals surface area contributed by atoms with Crippen molar-refractivity contribution in [1.82, 2.24) is 9.88 Å². The Bertz CT molecular complexity index is 998. The van der Waals surface area contributed by atoms with Crippen molar-refractivity contribution in [3.05, 3.63) is 65.3 Å². The van der Waals surface area contributed by atoms with Crippen molar-refractivity contribution in [3.8, 4) is 0 Å². The lowest BCUT2D eigenvalue weighted by molar-refractivity contribution is -0.126. The van der Waals surface area contributed by atoms with Crippen molar-refractivity contribution >= 4 is 28.9 Å². The summed E-state index contributed by atoms with van der Waals surface area (Å²) >= 11 is 0. The first kappa shape index (κ1) is 16.2. The van der Waals surface area contributed by atoms with Crippen LogP contribution in [-0.2, 0) is 22.5 Å². The average molecular weight is 350 g/mol. The van der Waals surface area contributed by atoms with Crippen LogP contribution in [0.5, 0.6) is 0 Å². The van der Waals surface area contributed by atoms with Gasteiger partial charge in [0.2, 0.25) is 5.91 Å². The number of esters is 1. The van der Waals surface area contributed by atoms with E-state index in [-0.39, 0.29) is 11.9 Å². The maximum Gasteiger partial charge on any atom is 0.337 e. The molecule has 132 valence electrons. The van der Waals surface area contributed by atoms with Crippen LogP contribution >= 0.6 is 0 Å². The van der Waals surface area contributed by atoms with Gasteiger partial charge in [0.05, 0.1) is 18.9 Å². The van der Waals surface area contributed by atoms with E-state index in [9.17, 15) is 9.59 Å². The second-order valence-electron chi connectivity index (χ2n) is 6.19. The van der Waals surface area contributed by atoms with Crippen LogP contribution in [0.3, 0.4) is 0 Å². The molecule has 6 nitrogen and oxygen atoms in total. The summed E-state index contributed by atoms with van der Waals surface area (Å²) in [4.78, 5) is 29.5. The predicted molar refractivity (Wildman–Crippen MR) is 96.5 cm³/mol. The molecule has 0 spiro atoms. The van der Waals surface area contributed by atoms with Crippen LogP contribution in [0.25, 0.3) is 17.0 Å². The zero-order chi connectivity index (χ0) is 18.1. The molecule has 1 N–H and O–H groups in total. The summed E-state index contributed by atoms with van der Waals surface area (Å²) in [6.45, 7) is 1.15. The molecule has 0 saturated carbocycles. The van der Waals surface area contributed by atoms with Crippen molar-refractivity contribution < 1.29 is 18.7 Å². The largest absolute Gasteiger partial charge is 0.465 e. The Kier molecular flexibility index (Phi) is 4.08. The Labute approximate surface area is 150 Å². The molecule has 0 radical (unpaired) electrons. The number of carbonyl (C=O) groups is 2. The van der Waals surface area contributed by atoms with Gasteiger partial charge in [-0.25, -0.2) is 4.79 Å². The summed E-state index contributed by atoms with van der Waals surface area (Å²) in [6.07, 6.45) is 5.51. The molecule has 0 bridgehead atoms. The van der Waals surface area contributed by atoms with E-state index in [4.69, 9.17) is 9.15 Å². The molecule has 0 fully saturated rings. The Morgan fingerprint density at radius 3 is 2.96 bits per heavy atom. The Hall–Kier alpha value is -3.28. The molecule has 4 rings (SSSR count). The minimum Gasteiger partial charge on any atom is -0.465 e. The maximum absolute atomic E-state index is 12.5. The van der Waals surface area contributed by atoms with Gasteiger partial charge in [-0.1, -0.05) is 0 Å². The fourth-order valence-corrected chi connectivity index (χ4v) is 3.29. The van der Waals surface area contributed by atoms with Gasteiger partial charge in [-0.2, -0.15) is 0 Å². The number of hydrogen-bond donors (Lipinski definition) is 1. The number of furan rings is 1. The van der Waals surface area contributed by atoms with Gasteiger partial charge in [-0.05, 0) is 36.4 Å². The molecular formula is C20H18N2O4. The van der Waals surface area contributed by atoms with Gasteiger partial charge in [0, 0.05) is 47.7 Å². The summed E-state index contributed by atoms with van der Waals surface area (Å²) in [7, 11) is 1.37. The fourth-order valence-electron chi connectivity index (χ4n) is 3.29. The number of benzene rings is 1. The van der Waals surface area contributed by atoms with Crippen LogP contribution in [0.1, 0.15) is 27.4 Å². The van der Waals surface area contributed by atoms with E-state index < -0.39 is 0 Å². The van der Waals surface area contributed by atoms with E-state index in [1.54, 1.807) is 35.4 Å². The maximum atomic E-state index is 12.5. The molecule has 26 heavy (non-hydrogen) atoms. The molecule has 3 aromatic rings. The third-order valence-electron chi connectivity index (χ3n) is 4.64. The molecule has 2 aromatic heterocycles. The molecule has 1 aliphatic rings. The minimum atomic E-state index is -0.369. The summed E-state index contributed by atoms with van der Waals surface area (Å²) in [6, 6.07) is 9.02. The number of methoxy groups -OCH3 is 1. The fraction of sp³-hybridized carbons (Fsp3) is 0.200. The number of fused-ring (bicyclic) bond motifs is 3. The number of nitrogens with zero attached hydrogens (tertiary/aromatic N) is 1. The van der Waals surface area contributed by atoms with Crippen molar-refractivity contribution in [2.24, 2.45) is 0 Å². The first-order valence-electron chi connectivity index (χ1n) is 8.38. The highest BCUT2D eigenvalue weighted by Crippen LogP contribution is 2.29. The molecule has 0 saturated heterocycles. The number of ether oxygens (including phenoxy) is 1. The van der Waals surface area contributed by atoms with Crippen LogP contribution < -0.4 is 0 Å². The van der Waals surface area contributed by atoms with E-state index in [1.165, 1.54) is 13.2 Å². The Morgan fingerprint density at radius 1 is 1.31 bits per heavy atom. The minimum absolute atomic E-state index is 0.0643. The molecule has 1 amide bonds. The van der Waals surface area contributed by atoms with Gasteiger partial charge in [0.25, 0.3) is 0 Å². The summed E-state index contributed by atoms with van der Waals surface area (Å²) < 4.78 is 10.0. The number of aromatic nitrogens is 1. The van der Waals surface area contributed by atoms with Crippen LogP contribution in [0.15, 0.2) is 47.1 Å². The average Bonchev–Trinajstić information content (AvgIpc) is 3.31. The van der Waals surface area contributed by atoms with E-state index in [0.717, 1.165) is 28.6 Å². The topological polar surface area (TPSA) is 75.5 Å². The van der Waals surface area contributed by atoms with Crippen LogP contribution in [0, 0.1) is 0 Å². The molecule has 3 heterocycles. The number of carbonyl (C=O) groups excluding carboxylic acids is 2. The van der Waals surface area contributed by atoms with E-state index in [0.29, 0.717) is 24.4 Å². The summed E-state index contributed by atoms with van der Waals surface area (Å²) in [5.74, 6) is 0.211. The van der Waals surface area contributed by atoms with E-state index in [2.05, 4.69) is 4.98 Å². The normalized spacial score (nSPS) is 14.0. The SMILES string of the molecule is COC(=O)c1ccc2[nH]c3c(c2c1)CN(C(=O)C=Cc1ccco1)CC3. The number of rotatable bonds is 3. The van der Waals surface area contributed by atoms with Crippen molar-refractivity contribution in [3.63, 3.8) is 0 Å². The molecule has 6 heteroatoms. The van der Waals surface area contributed by atoms with Crippen molar-refractivity contribution in [2.75, 3.05) is 13.7 Å². The number of nitrogens with one attached hydrogen (secondary N) is 1. The van der Waals surface area contributed by atoms with Gasteiger partial charge in [0.1, 0.15) is 5.76 Å². The lowest BCUT2D eigenvalue weighted by Crippen LogP contribution is -2.34. The van der Waals surface area contributed by atoms with Crippen LogP contribution in [-0.4, -0.2) is 35.4 Å². The van der Waals surface area contributed by atoms with Crippen LogP contribution in [0.2, 0.25) is 0 Å². The van der Waals surface area contributed by atoms with Gasteiger partial charge in [-0.15, -0.1) is 0 Å². The molecule has 1 aliphatic heterocycles. The van der Waals surface area contributed by atoms with Gasteiger partial charge in [-0.3, -0.25) is 4.79 Å². The number of aromatic amines is 1. The molecule has 0 unspecified atom stereocenters. The molecule has 0 aliphatic carbocycles. The first-order chi connectivity index (χ1) is 12.7. The van der Waals surface area contributed by atoms with Gasteiger partial charge < -0.3 is 19.0 Å². The number of hydrogen-bond acceptors (Lipinski definition) is 4. The third kappa shape index (κ3) is 2.90. The van der Waals surface area contributed by atoms with E-state index >= 15 is 0 Å². The zero-order valence-electron chi connectivity index (χ0n) is 14.3. The molecule has 0 atom stereocenters. The monoisotopic (exact) mass is 350 g/mol. The lowest BCUT2D eigenvalue weighted by atomic mass is 10.0. The Balaban J connectivity index is 1.60. The van der Waals surface area contributed by atoms with Crippen LogP contribution in [0.4, 0.5) is 0 Å². The van der Waals surface area contributed by atoms with Gasteiger partial charge >= 0.3 is 5.97 Å². The highest BCUT2D eigenvalue weighted by molar-refractivity contribution is 5.97. The summed E-state index contributed by atoms with van der Waals surface area (Å²) in [5.41, 5.74) is 3.63. The first-order valence-corrected chi connectivity index (χ1v) is 8.38. The standard InChI is InChI=1S/C20H18N2O4/c1-25-20(24)13-4-6-17-15(11-13)16-12-22(9-8-18(16)21-17)19(23)7-5-14-3-2-10-26-14/h2-7,10-11,21H,8-9,12H2,1H3. The zero-order valence-corrected chi connectivity index (χ0v) is 14.3. The predicted octanol–water partition coefficient (Wildman–Crippen LogP) is 3.15. The Morgan fingerprint density at radius 2 is 2.19 bits per heavy atom. The highest BCUT2D eigenvalue weighted by atomic mass is 16.5. The smallest absolute Gasteiger partial charge is 0.337 e. The quantitative estimate of drug-likeness (QED) is 0.582.